The lowest BCUT2D eigenvalue weighted by Gasteiger charge is -2.21. The maximum atomic E-state index is 14.0. The van der Waals surface area contributed by atoms with Crippen molar-refractivity contribution in [3.05, 3.63) is 65.7 Å². The minimum absolute atomic E-state index is 0.168. The summed E-state index contributed by atoms with van der Waals surface area (Å²) in [6.07, 6.45) is 5.65. The van der Waals surface area contributed by atoms with Crippen LogP contribution in [0.2, 0.25) is 0 Å². The van der Waals surface area contributed by atoms with Gasteiger partial charge in [0.05, 0.1) is 11.9 Å². The second-order valence-corrected chi connectivity index (χ2v) is 6.95. The fraction of sp³-hybridized carbons (Fsp3) is 0.211. The Balaban J connectivity index is 1.63. The minimum Gasteiger partial charge on any atom is -0.305 e. The molecule has 0 spiro atoms. The first-order valence-electron chi connectivity index (χ1n) is 8.14. The van der Waals surface area contributed by atoms with Gasteiger partial charge < -0.3 is 4.90 Å². The van der Waals surface area contributed by atoms with Crippen LogP contribution in [0.15, 0.2) is 54.2 Å². The average molecular weight is 353 g/mol. The van der Waals surface area contributed by atoms with E-state index in [0.29, 0.717) is 28.7 Å². The number of thiazole rings is 1. The Hall–Kier alpha value is -2.60. The second-order valence-electron chi connectivity index (χ2n) is 6.09. The summed E-state index contributed by atoms with van der Waals surface area (Å²) in [5.74, 6) is 0.0329. The lowest BCUT2D eigenvalue weighted by atomic mass is 10.2. The van der Waals surface area contributed by atoms with Crippen LogP contribution < -0.4 is 4.90 Å². The van der Waals surface area contributed by atoms with Crippen LogP contribution in [0.25, 0.3) is 10.6 Å². The second kappa shape index (κ2) is 6.72. The van der Waals surface area contributed by atoms with Crippen molar-refractivity contribution in [1.82, 2.24) is 9.97 Å². The zero-order chi connectivity index (χ0) is 17.2. The van der Waals surface area contributed by atoms with Crippen molar-refractivity contribution in [2.45, 2.75) is 12.8 Å². The van der Waals surface area contributed by atoms with E-state index in [2.05, 4.69) is 9.97 Å². The smallest absolute Gasteiger partial charge is 0.277 e. The molecular formula is C19H16FN3OS. The summed E-state index contributed by atoms with van der Waals surface area (Å²) in [5.41, 5.74) is 1.52. The van der Waals surface area contributed by atoms with Crippen molar-refractivity contribution in [3.8, 4) is 10.6 Å². The Bertz CT molecular complexity index is 892. The topological polar surface area (TPSA) is 46.1 Å². The number of carbonyl (C=O) groups is 1. The van der Waals surface area contributed by atoms with E-state index in [1.165, 1.54) is 17.4 Å². The number of carbonyl (C=O) groups excluding carboxylic acids is 1. The van der Waals surface area contributed by atoms with Crippen LogP contribution in [0.5, 0.6) is 0 Å². The minimum atomic E-state index is -0.335. The van der Waals surface area contributed by atoms with Gasteiger partial charge in [0, 0.05) is 23.7 Å². The van der Waals surface area contributed by atoms with E-state index in [1.807, 2.05) is 12.1 Å². The van der Waals surface area contributed by atoms with E-state index in [9.17, 15) is 9.18 Å². The number of nitrogens with zero attached hydrogens (tertiary/aromatic N) is 3. The number of benzene rings is 1. The fourth-order valence-corrected chi connectivity index (χ4v) is 3.47. The molecule has 0 atom stereocenters. The summed E-state index contributed by atoms with van der Waals surface area (Å²) in [5, 5.41) is 2.21. The molecule has 0 unspecified atom stereocenters. The molecule has 1 aliphatic carbocycles. The summed E-state index contributed by atoms with van der Waals surface area (Å²) in [6, 6.07) is 10.2. The number of anilines is 1. The molecule has 25 heavy (non-hydrogen) atoms. The van der Waals surface area contributed by atoms with Crippen molar-refractivity contribution < 1.29 is 9.18 Å². The van der Waals surface area contributed by atoms with E-state index in [-0.39, 0.29) is 11.7 Å². The third-order valence-corrected chi connectivity index (χ3v) is 5.04. The van der Waals surface area contributed by atoms with Gasteiger partial charge in [-0.05, 0) is 43.0 Å². The number of pyridine rings is 1. The first-order valence-corrected chi connectivity index (χ1v) is 9.02. The summed E-state index contributed by atoms with van der Waals surface area (Å²) in [7, 11) is 0. The summed E-state index contributed by atoms with van der Waals surface area (Å²) in [6.45, 7) is 0.664. The quantitative estimate of drug-likeness (QED) is 0.683. The molecule has 1 fully saturated rings. The maximum absolute atomic E-state index is 14.0. The van der Waals surface area contributed by atoms with Gasteiger partial charge in [0.15, 0.2) is 0 Å². The summed E-state index contributed by atoms with van der Waals surface area (Å²) in [4.78, 5) is 23.2. The first kappa shape index (κ1) is 15.9. The predicted octanol–water partition coefficient (Wildman–Crippen LogP) is 4.40. The molecule has 0 N–H and O–H groups in total. The van der Waals surface area contributed by atoms with Gasteiger partial charge in [-0.1, -0.05) is 12.1 Å². The van der Waals surface area contributed by atoms with Crippen molar-refractivity contribution >= 4 is 22.9 Å². The Labute approximate surface area is 149 Å². The number of halogens is 1. The Morgan fingerprint density at radius 2 is 2.08 bits per heavy atom. The molecule has 4 rings (SSSR count). The lowest BCUT2D eigenvalue weighted by Crippen LogP contribution is -2.33. The highest BCUT2D eigenvalue weighted by Crippen LogP contribution is 2.32. The molecule has 6 heteroatoms. The highest BCUT2D eigenvalue weighted by Gasteiger charge is 2.29. The van der Waals surface area contributed by atoms with Crippen LogP contribution in [0, 0.1) is 11.7 Å². The van der Waals surface area contributed by atoms with Crippen LogP contribution in [-0.4, -0.2) is 22.4 Å². The average Bonchev–Trinajstić information content (AvgIpc) is 3.34. The largest absolute Gasteiger partial charge is 0.305 e. The zero-order valence-corrected chi connectivity index (χ0v) is 14.2. The molecule has 2 aromatic heterocycles. The monoisotopic (exact) mass is 353 g/mol. The molecule has 2 heterocycles. The SMILES string of the molecule is O=C(c1csc(-c2ccccc2F)n1)N(CC1CC1)c1cccnc1. The number of amides is 1. The Morgan fingerprint density at radius 1 is 1.24 bits per heavy atom. The van der Waals surface area contributed by atoms with Crippen molar-refractivity contribution in [2.75, 3.05) is 11.4 Å². The standard InChI is InChI=1S/C19H16FN3OS/c20-16-6-2-1-5-15(16)18-22-17(12-25-18)19(24)23(11-13-7-8-13)14-4-3-9-21-10-14/h1-6,9-10,12-13H,7-8,11H2. The van der Waals surface area contributed by atoms with E-state index in [1.54, 1.807) is 40.9 Å². The molecular weight excluding hydrogens is 337 g/mol. The molecule has 4 nitrogen and oxygen atoms in total. The van der Waals surface area contributed by atoms with Crippen molar-refractivity contribution in [3.63, 3.8) is 0 Å². The molecule has 0 bridgehead atoms. The normalized spacial score (nSPS) is 13.6. The third kappa shape index (κ3) is 3.44. The van der Waals surface area contributed by atoms with Gasteiger partial charge >= 0.3 is 0 Å². The van der Waals surface area contributed by atoms with E-state index < -0.39 is 0 Å². The van der Waals surface area contributed by atoms with Gasteiger partial charge in [0.1, 0.15) is 16.5 Å². The van der Waals surface area contributed by atoms with Crippen LogP contribution in [-0.2, 0) is 0 Å². The molecule has 0 saturated heterocycles. The number of aromatic nitrogens is 2. The third-order valence-electron chi connectivity index (χ3n) is 4.17. The van der Waals surface area contributed by atoms with Gasteiger partial charge in [0.2, 0.25) is 0 Å². The molecule has 3 aromatic rings. The van der Waals surface area contributed by atoms with Gasteiger partial charge in [-0.15, -0.1) is 11.3 Å². The van der Waals surface area contributed by atoms with E-state index in [0.717, 1.165) is 18.5 Å². The van der Waals surface area contributed by atoms with Crippen LogP contribution in [0.3, 0.4) is 0 Å². The molecule has 1 aliphatic rings. The summed E-state index contributed by atoms with van der Waals surface area (Å²) >= 11 is 1.28. The Morgan fingerprint density at radius 3 is 2.80 bits per heavy atom. The van der Waals surface area contributed by atoms with E-state index in [4.69, 9.17) is 0 Å². The van der Waals surface area contributed by atoms with Crippen molar-refractivity contribution in [2.24, 2.45) is 5.92 Å². The van der Waals surface area contributed by atoms with Gasteiger partial charge in [0.25, 0.3) is 5.91 Å². The number of rotatable bonds is 5. The number of hydrogen-bond acceptors (Lipinski definition) is 4. The van der Waals surface area contributed by atoms with Crippen LogP contribution in [0.4, 0.5) is 10.1 Å². The molecule has 1 saturated carbocycles. The maximum Gasteiger partial charge on any atom is 0.277 e. The first-order chi connectivity index (χ1) is 12.2. The lowest BCUT2D eigenvalue weighted by molar-refractivity contribution is 0.0981. The molecule has 1 aromatic carbocycles. The van der Waals surface area contributed by atoms with Gasteiger partial charge in [-0.3, -0.25) is 9.78 Å². The highest BCUT2D eigenvalue weighted by molar-refractivity contribution is 7.13. The number of hydrogen-bond donors (Lipinski definition) is 0. The van der Waals surface area contributed by atoms with Gasteiger partial charge in [-0.25, -0.2) is 9.37 Å². The van der Waals surface area contributed by atoms with Gasteiger partial charge in [-0.2, -0.15) is 0 Å². The molecule has 0 aliphatic heterocycles. The van der Waals surface area contributed by atoms with Crippen molar-refractivity contribution in [1.29, 1.82) is 0 Å². The van der Waals surface area contributed by atoms with E-state index >= 15 is 0 Å². The Kier molecular flexibility index (Phi) is 4.28. The zero-order valence-electron chi connectivity index (χ0n) is 13.4. The van der Waals surface area contributed by atoms with Crippen LogP contribution >= 0.6 is 11.3 Å². The fourth-order valence-electron chi connectivity index (χ4n) is 2.65. The van der Waals surface area contributed by atoms with Crippen LogP contribution in [0.1, 0.15) is 23.3 Å². The summed E-state index contributed by atoms with van der Waals surface area (Å²) < 4.78 is 14.0. The predicted molar refractivity (Wildman–Crippen MR) is 96.1 cm³/mol. The molecule has 1 amide bonds. The molecule has 126 valence electrons. The molecule has 0 radical (unpaired) electrons. The highest BCUT2D eigenvalue weighted by atomic mass is 32.1.